The van der Waals surface area contributed by atoms with Gasteiger partial charge in [-0.05, 0) is 31.3 Å². The van der Waals surface area contributed by atoms with Gasteiger partial charge >= 0.3 is 0 Å². The summed E-state index contributed by atoms with van der Waals surface area (Å²) in [6, 6.07) is 0. The van der Waals surface area contributed by atoms with Crippen molar-refractivity contribution < 1.29 is 0 Å². The fraction of sp³-hybridized carbons (Fsp3) is 1.00. The predicted octanol–water partition coefficient (Wildman–Crippen LogP) is 0.551. The van der Waals surface area contributed by atoms with Gasteiger partial charge in [0.05, 0.1) is 6.17 Å². The summed E-state index contributed by atoms with van der Waals surface area (Å²) in [6.45, 7) is 4.75. The molecular weight excluding hydrogens is 124 g/mol. The van der Waals surface area contributed by atoms with Crippen LogP contribution in [0.5, 0.6) is 0 Å². The minimum absolute atomic E-state index is 0.657. The molecule has 0 aliphatic carbocycles. The topological polar surface area (TPSA) is 24.1 Å². The maximum Gasteiger partial charge on any atom is 0.0604 e. The summed E-state index contributed by atoms with van der Waals surface area (Å²) in [5.74, 6) is 1.88. The van der Waals surface area contributed by atoms with Crippen molar-refractivity contribution in [2.45, 2.75) is 25.9 Å². The minimum atomic E-state index is 0.657. The lowest BCUT2D eigenvalue weighted by Gasteiger charge is -2.13. The molecule has 2 aliphatic rings. The molecule has 2 saturated heterocycles. The average molecular weight is 140 g/mol. The average Bonchev–Trinajstić information content (AvgIpc) is 2.44. The lowest BCUT2D eigenvalue weighted by atomic mass is 9.91. The van der Waals surface area contributed by atoms with E-state index in [9.17, 15) is 0 Å². The van der Waals surface area contributed by atoms with Crippen LogP contribution in [0.15, 0.2) is 0 Å². The Hall–Kier alpha value is -0.0800. The molecule has 3 unspecified atom stereocenters. The summed E-state index contributed by atoms with van der Waals surface area (Å²) in [4.78, 5) is 0. The molecule has 0 radical (unpaired) electrons. The highest BCUT2D eigenvalue weighted by Gasteiger charge is 2.37. The molecule has 10 heavy (non-hydrogen) atoms. The second-order valence-electron chi connectivity index (χ2n) is 3.46. The van der Waals surface area contributed by atoms with Crippen molar-refractivity contribution >= 4 is 0 Å². The van der Waals surface area contributed by atoms with Gasteiger partial charge in [-0.15, -0.1) is 0 Å². The van der Waals surface area contributed by atoms with Gasteiger partial charge in [0.15, 0.2) is 0 Å². The van der Waals surface area contributed by atoms with E-state index in [1.54, 1.807) is 0 Å². The van der Waals surface area contributed by atoms with E-state index in [4.69, 9.17) is 0 Å². The Bertz CT molecular complexity index is 124. The summed E-state index contributed by atoms with van der Waals surface area (Å²) < 4.78 is 0. The Morgan fingerprint density at radius 2 is 2.30 bits per heavy atom. The van der Waals surface area contributed by atoms with Gasteiger partial charge in [-0.2, -0.15) is 0 Å². The molecule has 2 nitrogen and oxygen atoms in total. The number of nitrogens with one attached hydrogen (secondary N) is 2. The standard InChI is InChI=1S/C8H16N2/c1-2-6-5-10-8-7(6)3-4-9-8/h6-10H,2-5H2,1H3. The summed E-state index contributed by atoms with van der Waals surface area (Å²) in [7, 11) is 0. The molecule has 0 aromatic rings. The van der Waals surface area contributed by atoms with Crippen molar-refractivity contribution in [3.63, 3.8) is 0 Å². The van der Waals surface area contributed by atoms with E-state index < -0.39 is 0 Å². The molecular formula is C8H16N2. The summed E-state index contributed by atoms with van der Waals surface area (Å²) in [5, 5.41) is 6.98. The van der Waals surface area contributed by atoms with E-state index in [-0.39, 0.29) is 0 Å². The van der Waals surface area contributed by atoms with Crippen LogP contribution in [0.4, 0.5) is 0 Å². The lowest BCUT2D eigenvalue weighted by Crippen LogP contribution is -2.34. The smallest absolute Gasteiger partial charge is 0.0604 e. The molecule has 58 valence electrons. The molecule has 2 N–H and O–H groups in total. The molecule has 2 aliphatic heterocycles. The van der Waals surface area contributed by atoms with Crippen LogP contribution < -0.4 is 10.6 Å². The molecule has 2 fully saturated rings. The van der Waals surface area contributed by atoms with Crippen LogP contribution >= 0.6 is 0 Å². The van der Waals surface area contributed by atoms with E-state index in [2.05, 4.69) is 17.6 Å². The summed E-state index contributed by atoms with van der Waals surface area (Å²) in [6.07, 6.45) is 3.39. The number of hydrogen-bond donors (Lipinski definition) is 2. The van der Waals surface area contributed by atoms with Gasteiger partial charge < -0.3 is 10.6 Å². The molecule has 2 rings (SSSR count). The summed E-state index contributed by atoms with van der Waals surface area (Å²) in [5.41, 5.74) is 0. The number of fused-ring (bicyclic) bond motifs is 1. The molecule has 0 bridgehead atoms. The zero-order valence-electron chi connectivity index (χ0n) is 6.56. The molecule has 0 aromatic heterocycles. The van der Waals surface area contributed by atoms with Crippen molar-refractivity contribution in [2.75, 3.05) is 13.1 Å². The zero-order valence-corrected chi connectivity index (χ0v) is 6.56. The highest BCUT2D eigenvalue weighted by Crippen LogP contribution is 2.29. The highest BCUT2D eigenvalue weighted by molar-refractivity contribution is 4.92. The summed E-state index contributed by atoms with van der Waals surface area (Å²) >= 11 is 0. The zero-order chi connectivity index (χ0) is 6.97. The van der Waals surface area contributed by atoms with Gasteiger partial charge in [-0.3, -0.25) is 0 Å². The second kappa shape index (κ2) is 2.51. The third-order valence-corrected chi connectivity index (χ3v) is 3.00. The van der Waals surface area contributed by atoms with E-state index in [0.717, 1.165) is 11.8 Å². The molecule has 0 saturated carbocycles. The van der Waals surface area contributed by atoms with Gasteiger partial charge in [0.25, 0.3) is 0 Å². The highest BCUT2D eigenvalue weighted by atomic mass is 15.2. The third kappa shape index (κ3) is 0.867. The van der Waals surface area contributed by atoms with Crippen LogP contribution in [0.1, 0.15) is 19.8 Å². The third-order valence-electron chi connectivity index (χ3n) is 3.00. The molecule has 2 heterocycles. The molecule has 0 amide bonds. The molecule has 0 aromatic carbocycles. The maximum atomic E-state index is 3.51. The quantitative estimate of drug-likeness (QED) is 0.556. The largest absolute Gasteiger partial charge is 0.302 e. The lowest BCUT2D eigenvalue weighted by molar-refractivity contribution is 0.384. The minimum Gasteiger partial charge on any atom is -0.302 e. The first-order chi connectivity index (χ1) is 4.92. The SMILES string of the molecule is CCC1CNC2NCCC12. The van der Waals surface area contributed by atoms with E-state index in [1.807, 2.05) is 0 Å². The fourth-order valence-electron chi connectivity index (χ4n) is 2.33. The Labute approximate surface area is 62.4 Å². The number of rotatable bonds is 1. The van der Waals surface area contributed by atoms with Crippen molar-refractivity contribution in [1.82, 2.24) is 10.6 Å². The molecule has 3 atom stereocenters. The normalized spacial score (nSPS) is 45.9. The van der Waals surface area contributed by atoms with Gasteiger partial charge in [-0.25, -0.2) is 0 Å². The van der Waals surface area contributed by atoms with Gasteiger partial charge in [0.2, 0.25) is 0 Å². The van der Waals surface area contributed by atoms with Crippen LogP contribution in [-0.2, 0) is 0 Å². The first kappa shape index (κ1) is 6.62. The van der Waals surface area contributed by atoms with Crippen LogP contribution in [0.3, 0.4) is 0 Å². The Morgan fingerprint density at radius 1 is 1.40 bits per heavy atom. The van der Waals surface area contributed by atoms with Gasteiger partial charge in [0.1, 0.15) is 0 Å². The number of hydrogen-bond acceptors (Lipinski definition) is 2. The molecule has 0 spiro atoms. The van der Waals surface area contributed by atoms with Crippen molar-refractivity contribution in [1.29, 1.82) is 0 Å². The second-order valence-corrected chi connectivity index (χ2v) is 3.46. The van der Waals surface area contributed by atoms with Crippen molar-refractivity contribution in [3.05, 3.63) is 0 Å². The Balaban J connectivity index is 2.01. The maximum absolute atomic E-state index is 3.51. The van der Waals surface area contributed by atoms with Crippen LogP contribution in [0.2, 0.25) is 0 Å². The van der Waals surface area contributed by atoms with Crippen LogP contribution in [0, 0.1) is 11.8 Å². The van der Waals surface area contributed by atoms with Gasteiger partial charge in [0, 0.05) is 0 Å². The van der Waals surface area contributed by atoms with Crippen LogP contribution in [-0.4, -0.2) is 19.3 Å². The first-order valence-corrected chi connectivity index (χ1v) is 4.38. The predicted molar refractivity (Wildman–Crippen MR) is 41.7 cm³/mol. The Morgan fingerprint density at radius 3 is 3.10 bits per heavy atom. The van der Waals surface area contributed by atoms with Gasteiger partial charge in [-0.1, -0.05) is 13.3 Å². The Kier molecular flexibility index (Phi) is 1.66. The van der Waals surface area contributed by atoms with E-state index in [0.29, 0.717) is 6.17 Å². The van der Waals surface area contributed by atoms with Crippen molar-refractivity contribution in [3.8, 4) is 0 Å². The fourth-order valence-corrected chi connectivity index (χ4v) is 2.33. The first-order valence-electron chi connectivity index (χ1n) is 4.38. The monoisotopic (exact) mass is 140 g/mol. The van der Waals surface area contributed by atoms with E-state index >= 15 is 0 Å². The van der Waals surface area contributed by atoms with E-state index in [1.165, 1.54) is 25.9 Å². The van der Waals surface area contributed by atoms with Crippen LogP contribution in [0.25, 0.3) is 0 Å². The van der Waals surface area contributed by atoms with Crippen molar-refractivity contribution in [2.24, 2.45) is 11.8 Å². The molecule has 2 heteroatoms.